The van der Waals surface area contributed by atoms with Crippen LogP contribution < -0.4 is 61.0 Å². The van der Waals surface area contributed by atoms with Gasteiger partial charge in [0.2, 0.25) is 5.88 Å². The Hall–Kier alpha value is -2.26. The standard InChI is InChI=1S/C34H37NO8S2.K/c1-4-25(21-34-35(15-8-9-16-44(36,37)38)30-18-23(2)24(3)19-33(30)43-34)20-32-28(14-17-45(39,40)41)29-22-27(12-13-31(29)42-32)26-10-6-5-7-11-26;/h5-7,10-13,18-22H,4,8-9,14-17H2,1-3H3,(H,36,37,38)(H,39,40,41);/q;+1/p-1/b25-20-,34-21+;. The maximum Gasteiger partial charge on any atom is 1.00 e. The van der Waals surface area contributed by atoms with Crippen LogP contribution in [0.25, 0.3) is 28.2 Å². The summed E-state index contributed by atoms with van der Waals surface area (Å²) in [5.41, 5.74) is 7.07. The van der Waals surface area contributed by atoms with E-state index in [4.69, 9.17) is 9.15 Å². The fourth-order valence-electron chi connectivity index (χ4n) is 5.40. The van der Waals surface area contributed by atoms with Crippen LogP contribution in [-0.2, 0) is 26.7 Å². The van der Waals surface area contributed by atoms with Gasteiger partial charge in [0.05, 0.1) is 21.6 Å². The van der Waals surface area contributed by atoms with Crippen molar-refractivity contribution in [1.29, 1.82) is 0 Å². The third-order valence-electron chi connectivity index (χ3n) is 7.95. The van der Waals surface area contributed by atoms with Crippen molar-refractivity contribution in [3.63, 3.8) is 0 Å². The van der Waals surface area contributed by atoms with Gasteiger partial charge in [0.15, 0.2) is 5.75 Å². The van der Waals surface area contributed by atoms with Gasteiger partial charge in [-0.15, -0.1) is 0 Å². The summed E-state index contributed by atoms with van der Waals surface area (Å²) >= 11 is 0. The van der Waals surface area contributed by atoms with E-state index in [1.807, 2.05) is 98.5 Å². The molecule has 0 spiro atoms. The van der Waals surface area contributed by atoms with Crippen LogP contribution in [0.5, 0.6) is 5.75 Å². The largest absolute Gasteiger partial charge is 1.00 e. The summed E-state index contributed by atoms with van der Waals surface area (Å²) in [7, 11) is -8.52. The molecule has 0 unspecified atom stereocenters. The number of unbranched alkanes of at least 4 members (excludes halogenated alkanes) is 1. The molecule has 12 heteroatoms. The molecule has 0 bridgehead atoms. The van der Waals surface area contributed by atoms with Crippen LogP contribution in [-0.4, -0.2) is 44.0 Å². The van der Waals surface area contributed by atoms with E-state index in [1.54, 1.807) is 0 Å². The van der Waals surface area contributed by atoms with E-state index in [0.717, 1.165) is 38.9 Å². The monoisotopic (exact) mass is 689 g/mol. The van der Waals surface area contributed by atoms with Crippen molar-refractivity contribution in [2.24, 2.45) is 0 Å². The Balaban J connectivity index is 0.00000480. The molecule has 5 rings (SSSR count). The fraction of sp³-hybridized carbons (Fsp3) is 0.294. The zero-order chi connectivity index (χ0) is 32.4. The SMILES string of the molecule is CCC(=C/c1oc2ccc(-c3ccccc3)cc2c1CCS(=O)(=O)O)/C=C1/Oc2cc(C)c(C)cc2N1CCCCS(=O)(=O)[O-].[K+]. The first-order valence-electron chi connectivity index (χ1n) is 14.8. The normalized spacial score (nSPS) is 14.4. The van der Waals surface area contributed by atoms with Crippen molar-refractivity contribution in [1.82, 2.24) is 0 Å². The smallest absolute Gasteiger partial charge is 0.748 e. The van der Waals surface area contributed by atoms with Gasteiger partial charge < -0.3 is 18.6 Å². The van der Waals surface area contributed by atoms with E-state index in [1.165, 1.54) is 0 Å². The number of fused-ring (bicyclic) bond motifs is 2. The van der Waals surface area contributed by atoms with Crippen molar-refractivity contribution in [3.05, 3.63) is 101 Å². The van der Waals surface area contributed by atoms with E-state index in [2.05, 4.69) is 0 Å². The van der Waals surface area contributed by atoms with Crippen LogP contribution in [0.4, 0.5) is 5.69 Å². The summed E-state index contributed by atoms with van der Waals surface area (Å²) in [5, 5.41) is 0.764. The minimum atomic E-state index is -4.30. The summed E-state index contributed by atoms with van der Waals surface area (Å²) in [5.74, 6) is 0.842. The van der Waals surface area contributed by atoms with Gasteiger partial charge in [0.1, 0.15) is 11.3 Å². The van der Waals surface area contributed by atoms with Gasteiger partial charge in [-0.1, -0.05) is 43.3 Å². The predicted octanol–water partition coefficient (Wildman–Crippen LogP) is 4.01. The van der Waals surface area contributed by atoms with E-state index in [9.17, 15) is 25.9 Å². The fourth-order valence-corrected chi connectivity index (χ4v) is 6.42. The van der Waals surface area contributed by atoms with Gasteiger partial charge >= 0.3 is 51.4 Å². The molecule has 0 saturated heterocycles. The van der Waals surface area contributed by atoms with E-state index in [-0.39, 0.29) is 64.2 Å². The molecule has 1 N–H and O–H groups in total. The quantitative estimate of drug-likeness (QED) is 0.133. The van der Waals surface area contributed by atoms with Crippen molar-refractivity contribution < 1.29 is 86.5 Å². The predicted molar refractivity (Wildman–Crippen MR) is 176 cm³/mol. The Labute approximate surface area is 313 Å². The van der Waals surface area contributed by atoms with Gasteiger partial charge in [-0.3, -0.25) is 4.55 Å². The molecule has 1 aliphatic rings. The Morgan fingerprint density at radius 1 is 0.935 bits per heavy atom. The van der Waals surface area contributed by atoms with Crippen LogP contribution in [0.2, 0.25) is 0 Å². The Morgan fingerprint density at radius 2 is 1.65 bits per heavy atom. The first-order chi connectivity index (χ1) is 21.3. The zero-order valence-electron chi connectivity index (χ0n) is 26.4. The zero-order valence-corrected chi connectivity index (χ0v) is 31.2. The van der Waals surface area contributed by atoms with Gasteiger partial charge in [0.25, 0.3) is 10.1 Å². The molecule has 1 aromatic heterocycles. The average Bonchev–Trinajstić information content (AvgIpc) is 3.49. The molecule has 9 nitrogen and oxygen atoms in total. The summed E-state index contributed by atoms with van der Waals surface area (Å²) in [6.45, 7) is 6.44. The number of nitrogens with zero attached hydrogens (tertiary/aromatic N) is 1. The molecule has 0 fully saturated rings. The third kappa shape index (κ3) is 9.21. The second kappa shape index (κ2) is 15.3. The summed E-state index contributed by atoms with van der Waals surface area (Å²) in [6, 6.07) is 19.6. The molecule has 0 saturated carbocycles. The van der Waals surface area contributed by atoms with Gasteiger partial charge in [-0.2, -0.15) is 8.42 Å². The second-order valence-electron chi connectivity index (χ2n) is 11.2. The number of allylic oxidation sites excluding steroid dienone is 2. The molecule has 46 heavy (non-hydrogen) atoms. The minimum absolute atomic E-state index is 0. The first-order valence-corrected chi connectivity index (χ1v) is 18.0. The van der Waals surface area contributed by atoms with Gasteiger partial charge in [-0.05, 0) is 97.7 Å². The van der Waals surface area contributed by atoms with E-state index < -0.39 is 31.7 Å². The second-order valence-corrected chi connectivity index (χ2v) is 14.3. The maximum atomic E-state index is 11.8. The van der Waals surface area contributed by atoms with E-state index >= 15 is 0 Å². The molecule has 0 atom stereocenters. The number of hydrogen-bond donors (Lipinski definition) is 1. The molecule has 0 amide bonds. The number of aryl methyl sites for hydroxylation is 3. The van der Waals surface area contributed by atoms with Crippen molar-refractivity contribution in [2.45, 2.75) is 46.5 Å². The topological polar surface area (TPSA) is 137 Å². The molecule has 1 aliphatic heterocycles. The maximum absolute atomic E-state index is 11.8. The molecule has 0 radical (unpaired) electrons. The number of anilines is 1. The number of furan rings is 1. The summed E-state index contributed by atoms with van der Waals surface area (Å²) < 4.78 is 79.1. The Morgan fingerprint density at radius 3 is 2.33 bits per heavy atom. The number of rotatable bonds is 12. The molecule has 4 aromatic rings. The number of benzene rings is 3. The number of ether oxygens (including phenoxy) is 1. The van der Waals surface area contributed by atoms with Crippen molar-refractivity contribution in [3.8, 4) is 16.9 Å². The first kappa shape index (κ1) is 36.6. The summed E-state index contributed by atoms with van der Waals surface area (Å²) in [4.78, 5) is 1.98. The molecule has 3 aromatic carbocycles. The Kier molecular flexibility index (Phi) is 12.2. The molecule has 238 valence electrons. The third-order valence-corrected chi connectivity index (χ3v) is 9.45. The van der Waals surface area contributed by atoms with Crippen molar-refractivity contribution >= 4 is 43.0 Å². The van der Waals surface area contributed by atoms with E-state index in [0.29, 0.717) is 47.9 Å². The number of hydrogen-bond acceptors (Lipinski definition) is 8. The van der Waals surface area contributed by atoms with Crippen LogP contribution in [0.3, 0.4) is 0 Å². The van der Waals surface area contributed by atoms with Crippen LogP contribution in [0.1, 0.15) is 48.6 Å². The Bertz CT molecular complexity index is 2000. The van der Waals surface area contributed by atoms with Crippen LogP contribution >= 0.6 is 0 Å². The summed E-state index contributed by atoms with van der Waals surface area (Å²) in [6.07, 6.45) is 5.09. The molecule has 0 aliphatic carbocycles. The van der Waals surface area contributed by atoms with Crippen LogP contribution in [0.15, 0.2) is 82.6 Å². The van der Waals surface area contributed by atoms with Gasteiger partial charge in [0, 0.05) is 29.3 Å². The average molecular weight is 690 g/mol. The molecular formula is C34H36KNO8S2. The van der Waals surface area contributed by atoms with Crippen LogP contribution in [0, 0.1) is 13.8 Å². The molecule has 2 heterocycles. The van der Waals surface area contributed by atoms with Crippen molar-refractivity contribution in [2.75, 3.05) is 23.0 Å². The minimum Gasteiger partial charge on any atom is -0.748 e. The molecular weight excluding hydrogens is 654 g/mol. The van der Waals surface area contributed by atoms with Gasteiger partial charge in [-0.25, -0.2) is 8.42 Å².